The zero-order valence-electron chi connectivity index (χ0n) is 7.41. The van der Waals surface area contributed by atoms with Crippen LogP contribution in [0.15, 0.2) is 6.20 Å². The maximum absolute atomic E-state index is 10.4. The molecule has 0 amide bonds. The molecule has 1 aromatic heterocycles. The number of aromatic amines is 1. The van der Waals surface area contributed by atoms with Gasteiger partial charge in [0.25, 0.3) is 0 Å². The molecule has 0 radical (unpaired) electrons. The first kappa shape index (κ1) is 9.50. The Hall–Kier alpha value is -1.59. The summed E-state index contributed by atoms with van der Waals surface area (Å²) in [6.07, 6.45) is 3.47. The number of nitro groups is 1. The smallest absolute Gasteiger partial charge is 0.366 e. The molecule has 13 heavy (non-hydrogen) atoms. The molecule has 0 fully saturated rings. The molecule has 0 aliphatic heterocycles. The van der Waals surface area contributed by atoms with Crippen LogP contribution in [0.4, 0.5) is 11.5 Å². The minimum absolute atomic E-state index is 0.0731. The van der Waals surface area contributed by atoms with Crippen LogP contribution >= 0.6 is 0 Å². The highest BCUT2D eigenvalue weighted by molar-refractivity contribution is 5.55. The Balaban J connectivity index is 2.55. The van der Waals surface area contributed by atoms with E-state index < -0.39 is 4.92 Å². The number of hydrogen-bond acceptors (Lipinski definition) is 4. The molecule has 0 aromatic carbocycles. The zero-order valence-corrected chi connectivity index (χ0v) is 7.41. The molecular formula is C7H12N4O2. The van der Waals surface area contributed by atoms with E-state index in [4.69, 9.17) is 0 Å². The summed E-state index contributed by atoms with van der Waals surface area (Å²) in [5.41, 5.74) is 0.457. The molecular weight excluding hydrogens is 172 g/mol. The third-order valence-electron chi connectivity index (χ3n) is 1.65. The van der Waals surface area contributed by atoms with Crippen LogP contribution in [0.5, 0.6) is 0 Å². The molecule has 1 aromatic rings. The van der Waals surface area contributed by atoms with Crippen molar-refractivity contribution < 1.29 is 4.92 Å². The van der Waals surface area contributed by atoms with Crippen LogP contribution in [0.3, 0.4) is 0 Å². The van der Waals surface area contributed by atoms with Gasteiger partial charge in [-0.2, -0.15) is 0 Å². The second-order valence-electron chi connectivity index (χ2n) is 2.67. The zero-order chi connectivity index (χ0) is 9.68. The van der Waals surface area contributed by atoms with Crippen molar-refractivity contribution in [2.24, 2.45) is 0 Å². The van der Waals surface area contributed by atoms with E-state index in [1.165, 1.54) is 6.20 Å². The van der Waals surface area contributed by atoms with Crippen LogP contribution < -0.4 is 5.32 Å². The lowest BCUT2D eigenvalue weighted by Gasteiger charge is -2.00. The predicted molar refractivity (Wildman–Crippen MR) is 48.6 cm³/mol. The quantitative estimate of drug-likeness (QED) is 0.413. The summed E-state index contributed by atoms with van der Waals surface area (Å²) >= 11 is 0. The normalized spacial score (nSPS) is 9.92. The van der Waals surface area contributed by atoms with E-state index in [1.807, 2.05) is 0 Å². The monoisotopic (exact) mass is 184 g/mol. The fraction of sp³-hybridized carbons (Fsp3) is 0.571. The Kier molecular flexibility index (Phi) is 3.24. The molecule has 2 N–H and O–H groups in total. The maximum atomic E-state index is 10.4. The standard InChI is InChI=1S/C7H12N4O2/c1-2-3-4-8-6-5-9-10-7(6)11(12)13/h5,8H,2-4H2,1H3,(H,9,10). The van der Waals surface area contributed by atoms with Crippen LogP contribution in [0.2, 0.25) is 0 Å². The molecule has 0 spiro atoms. The van der Waals surface area contributed by atoms with Crippen molar-refractivity contribution in [1.29, 1.82) is 0 Å². The van der Waals surface area contributed by atoms with Gasteiger partial charge in [-0.05, 0) is 11.3 Å². The Bertz CT molecular complexity index is 284. The lowest BCUT2D eigenvalue weighted by Crippen LogP contribution is -2.02. The summed E-state index contributed by atoms with van der Waals surface area (Å²) in [7, 11) is 0. The lowest BCUT2D eigenvalue weighted by molar-refractivity contribution is -0.388. The topological polar surface area (TPSA) is 83.8 Å². The fourth-order valence-electron chi connectivity index (χ4n) is 0.948. The SMILES string of the molecule is CCCCNc1cn[nH]c1[N+](=O)[O-]. The number of anilines is 1. The maximum Gasteiger partial charge on any atom is 0.366 e. The first-order valence-electron chi connectivity index (χ1n) is 4.17. The van der Waals surface area contributed by atoms with Crippen molar-refractivity contribution in [1.82, 2.24) is 10.2 Å². The number of H-pyrrole nitrogens is 1. The molecule has 0 aliphatic carbocycles. The molecule has 0 atom stereocenters. The van der Waals surface area contributed by atoms with E-state index >= 15 is 0 Å². The number of aromatic nitrogens is 2. The summed E-state index contributed by atoms with van der Waals surface area (Å²) < 4.78 is 0. The van der Waals surface area contributed by atoms with Crippen molar-refractivity contribution in [2.45, 2.75) is 19.8 Å². The molecule has 6 nitrogen and oxygen atoms in total. The summed E-state index contributed by atoms with van der Waals surface area (Å²) in [6.45, 7) is 2.79. The number of unbranched alkanes of at least 4 members (excludes halogenated alkanes) is 1. The average molecular weight is 184 g/mol. The van der Waals surface area contributed by atoms with Crippen LogP contribution in [-0.2, 0) is 0 Å². The van der Waals surface area contributed by atoms with Gasteiger partial charge in [-0.25, -0.2) is 0 Å². The second-order valence-corrected chi connectivity index (χ2v) is 2.67. The van der Waals surface area contributed by atoms with Crippen molar-refractivity contribution in [3.8, 4) is 0 Å². The Labute approximate surface area is 75.5 Å². The number of nitrogens with one attached hydrogen (secondary N) is 2. The van der Waals surface area contributed by atoms with E-state index in [0.717, 1.165) is 19.4 Å². The van der Waals surface area contributed by atoms with Gasteiger partial charge in [0.05, 0.1) is 0 Å². The highest BCUT2D eigenvalue weighted by Gasteiger charge is 2.13. The number of rotatable bonds is 5. The van der Waals surface area contributed by atoms with Gasteiger partial charge in [-0.3, -0.25) is 0 Å². The molecule has 0 saturated heterocycles. The van der Waals surface area contributed by atoms with Gasteiger partial charge in [0, 0.05) is 6.54 Å². The van der Waals surface area contributed by atoms with Crippen LogP contribution in [0.25, 0.3) is 0 Å². The van der Waals surface area contributed by atoms with Crippen LogP contribution in [0, 0.1) is 10.1 Å². The molecule has 0 saturated carbocycles. The Morgan fingerprint density at radius 3 is 3.15 bits per heavy atom. The molecule has 0 unspecified atom stereocenters. The van der Waals surface area contributed by atoms with Gasteiger partial charge in [-0.1, -0.05) is 18.4 Å². The van der Waals surface area contributed by atoms with E-state index in [0.29, 0.717) is 5.69 Å². The molecule has 1 rings (SSSR count). The second kappa shape index (κ2) is 4.44. The summed E-state index contributed by atoms with van der Waals surface area (Å²) in [5.74, 6) is -0.0731. The summed E-state index contributed by atoms with van der Waals surface area (Å²) in [4.78, 5) is 9.93. The third-order valence-corrected chi connectivity index (χ3v) is 1.65. The molecule has 72 valence electrons. The molecule has 6 heteroatoms. The Morgan fingerprint density at radius 2 is 2.54 bits per heavy atom. The Morgan fingerprint density at radius 1 is 1.77 bits per heavy atom. The minimum atomic E-state index is -0.485. The van der Waals surface area contributed by atoms with Crippen LogP contribution in [-0.4, -0.2) is 21.7 Å². The summed E-state index contributed by atoms with van der Waals surface area (Å²) in [5, 5.41) is 19.3. The first-order valence-corrected chi connectivity index (χ1v) is 4.17. The van der Waals surface area contributed by atoms with E-state index in [-0.39, 0.29) is 5.82 Å². The van der Waals surface area contributed by atoms with E-state index in [1.54, 1.807) is 0 Å². The molecule has 1 heterocycles. The lowest BCUT2D eigenvalue weighted by atomic mass is 10.3. The largest absolute Gasteiger partial charge is 0.377 e. The first-order chi connectivity index (χ1) is 6.25. The van der Waals surface area contributed by atoms with Gasteiger partial charge in [0.1, 0.15) is 6.20 Å². The van der Waals surface area contributed by atoms with E-state index in [9.17, 15) is 10.1 Å². The van der Waals surface area contributed by atoms with Crippen molar-refractivity contribution >= 4 is 11.5 Å². The molecule has 0 aliphatic rings. The highest BCUT2D eigenvalue weighted by Crippen LogP contribution is 2.19. The van der Waals surface area contributed by atoms with Crippen molar-refractivity contribution in [3.63, 3.8) is 0 Å². The summed E-state index contributed by atoms with van der Waals surface area (Å²) in [6, 6.07) is 0. The highest BCUT2D eigenvalue weighted by atomic mass is 16.6. The van der Waals surface area contributed by atoms with Crippen molar-refractivity contribution in [3.05, 3.63) is 16.3 Å². The van der Waals surface area contributed by atoms with Gasteiger partial charge < -0.3 is 15.4 Å². The molecule has 0 bridgehead atoms. The fourth-order valence-corrected chi connectivity index (χ4v) is 0.948. The van der Waals surface area contributed by atoms with Gasteiger partial charge >= 0.3 is 5.82 Å². The third kappa shape index (κ3) is 2.43. The average Bonchev–Trinajstić information content (AvgIpc) is 2.53. The van der Waals surface area contributed by atoms with E-state index in [2.05, 4.69) is 22.4 Å². The van der Waals surface area contributed by atoms with Crippen LogP contribution in [0.1, 0.15) is 19.8 Å². The van der Waals surface area contributed by atoms with Gasteiger partial charge in [0.2, 0.25) is 0 Å². The van der Waals surface area contributed by atoms with Gasteiger partial charge in [0.15, 0.2) is 5.69 Å². The number of nitrogens with zero attached hydrogens (tertiary/aromatic N) is 2. The van der Waals surface area contributed by atoms with Gasteiger partial charge in [-0.15, -0.1) is 5.10 Å². The number of hydrogen-bond donors (Lipinski definition) is 2. The van der Waals surface area contributed by atoms with Crippen molar-refractivity contribution in [2.75, 3.05) is 11.9 Å². The minimum Gasteiger partial charge on any atom is -0.377 e. The predicted octanol–water partition coefficient (Wildman–Crippen LogP) is 1.53.